The Hall–Kier alpha value is -2.29. The molecule has 0 spiro atoms. The molecule has 0 N–H and O–H groups in total. The Morgan fingerprint density at radius 2 is 1.29 bits per heavy atom. The fourth-order valence-corrected chi connectivity index (χ4v) is 4.78. The summed E-state index contributed by atoms with van der Waals surface area (Å²) in [6, 6.07) is 16.8. The number of unbranched alkanes of at least 4 members (excludes halogenated alkanes) is 9. The van der Waals surface area contributed by atoms with Crippen LogP contribution in [-0.2, 0) is 9.53 Å². The first-order chi connectivity index (χ1) is 16.7. The molecule has 1 heterocycles. The van der Waals surface area contributed by atoms with E-state index in [1.165, 1.54) is 68.9 Å². The summed E-state index contributed by atoms with van der Waals surface area (Å²) < 4.78 is 11.6. The molecule has 3 rings (SSSR count). The van der Waals surface area contributed by atoms with Crippen molar-refractivity contribution in [2.75, 3.05) is 6.61 Å². The summed E-state index contributed by atoms with van der Waals surface area (Å²) in [4.78, 5) is 12.3. The van der Waals surface area contributed by atoms with E-state index in [1.807, 2.05) is 0 Å². The molecular weight excluding hydrogens is 420 g/mol. The normalized spacial score (nSPS) is 17.6. The van der Waals surface area contributed by atoms with Crippen LogP contribution in [0.5, 0.6) is 5.75 Å². The van der Waals surface area contributed by atoms with Crippen molar-refractivity contribution in [2.45, 2.75) is 103 Å². The molecular formula is C31H44O3. The molecule has 3 nitrogen and oxygen atoms in total. The molecule has 2 aromatic rings. The van der Waals surface area contributed by atoms with Crippen LogP contribution in [0.1, 0.15) is 109 Å². The number of rotatable bonds is 16. The summed E-state index contributed by atoms with van der Waals surface area (Å²) in [5.74, 6) is 0.990. The Morgan fingerprint density at radius 1 is 0.735 bits per heavy atom. The molecule has 0 radical (unpaired) electrons. The van der Waals surface area contributed by atoms with E-state index in [4.69, 9.17) is 9.47 Å². The highest BCUT2D eigenvalue weighted by molar-refractivity contribution is 5.75. The largest absolute Gasteiger partial charge is 0.494 e. The summed E-state index contributed by atoms with van der Waals surface area (Å²) in [5.41, 5.74) is 3.44. The molecule has 1 aliphatic rings. The highest BCUT2D eigenvalue weighted by Crippen LogP contribution is 2.36. The van der Waals surface area contributed by atoms with Crippen molar-refractivity contribution < 1.29 is 14.3 Å². The topological polar surface area (TPSA) is 35.5 Å². The predicted octanol–water partition coefficient (Wildman–Crippen LogP) is 9.06. The van der Waals surface area contributed by atoms with Gasteiger partial charge in [0.1, 0.15) is 11.9 Å². The van der Waals surface area contributed by atoms with Crippen molar-refractivity contribution in [3.63, 3.8) is 0 Å². The maximum Gasteiger partial charge on any atom is 0.309 e. The lowest BCUT2D eigenvalue weighted by molar-refractivity contribution is -0.144. The highest BCUT2D eigenvalue weighted by Gasteiger charge is 2.34. The quantitative estimate of drug-likeness (QED) is 0.184. The number of hydrogen-bond acceptors (Lipinski definition) is 3. The van der Waals surface area contributed by atoms with Gasteiger partial charge in [0.2, 0.25) is 0 Å². The van der Waals surface area contributed by atoms with Crippen LogP contribution in [0.25, 0.3) is 11.1 Å². The van der Waals surface area contributed by atoms with E-state index in [-0.39, 0.29) is 18.0 Å². The van der Waals surface area contributed by atoms with Gasteiger partial charge in [0.05, 0.1) is 12.5 Å². The molecule has 0 amide bonds. The van der Waals surface area contributed by atoms with Crippen LogP contribution in [0.4, 0.5) is 0 Å². The van der Waals surface area contributed by atoms with Gasteiger partial charge in [-0.25, -0.2) is 0 Å². The standard InChI is InChI=1S/C31H44O3/c1-3-5-7-9-11-13-23-33-29-21-19-26(20-22-29)25-15-17-27(18-16-25)30-24-28(31(32)34-30)14-12-10-8-6-4-2/h15-22,28,30H,3-14,23-24H2,1-2H3. The average molecular weight is 465 g/mol. The Bertz CT molecular complexity index is 825. The lowest BCUT2D eigenvalue weighted by Gasteiger charge is -2.11. The minimum Gasteiger partial charge on any atom is -0.494 e. The van der Waals surface area contributed by atoms with Crippen LogP contribution in [0.2, 0.25) is 0 Å². The third-order valence-electron chi connectivity index (χ3n) is 6.98. The van der Waals surface area contributed by atoms with Gasteiger partial charge in [-0.1, -0.05) is 114 Å². The van der Waals surface area contributed by atoms with E-state index in [0.717, 1.165) is 43.6 Å². The van der Waals surface area contributed by atoms with Gasteiger partial charge in [0.25, 0.3) is 0 Å². The Balaban J connectivity index is 1.43. The van der Waals surface area contributed by atoms with Gasteiger partial charge >= 0.3 is 5.97 Å². The number of carbonyl (C=O) groups is 1. The molecule has 1 aliphatic heterocycles. The van der Waals surface area contributed by atoms with E-state index in [0.29, 0.717) is 0 Å². The van der Waals surface area contributed by atoms with Crippen LogP contribution in [-0.4, -0.2) is 12.6 Å². The van der Waals surface area contributed by atoms with E-state index in [2.05, 4.69) is 62.4 Å². The zero-order valence-electron chi connectivity index (χ0n) is 21.4. The number of carbonyl (C=O) groups excluding carboxylic acids is 1. The van der Waals surface area contributed by atoms with Crippen LogP contribution in [0.15, 0.2) is 48.5 Å². The number of cyclic esters (lactones) is 1. The van der Waals surface area contributed by atoms with Gasteiger partial charge in [-0.3, -0.25) is 4.79 Å². The van der Waals surface area contributed by atoms with E-state index in [1.54, 1.807) is 0 Å². The van der Waals surface area contributed by atoms with E-state index >= 15 is 0 Å². The molecule has 34 heavy (non-hydrogen) atoms. The van der Waals surface area contributed by atoms with Gasteiger partial charge in [-0.2, -0.15) is 0 Å². The molecule has 0 aliphatic carbocycles. The van der Waals surface area contributed by atoms with Crippen LogP contribution < -0.4 is 4.74 Å². The van der Waals surface area contributed by atoms with Gasteiger partial charge in [0, 0.05) is 6.42 Å². The van der Waals surface area contributed by atoms with Crippen molar-refractivity contribution in [3.8, 4) is 16.9 Å². The fraction of sp³-hybridized carbons (Fsp3) is 0.581. The number of ether oxygens (including phenoxy) is 2. The molecule has 3 heteroatoms. The third-order valence-corrected chi connectivity index (χ3v) is 6.98. The van der Waals surface area contributed by atoms with Crippen molar-refractivity contribution in [2.24, 2.45) is 5.92 Å². The number of esters is 1. The molecule has 1 fully saturated rings. The predicted molar refractivity (Wildman–Crippen MR) is 141 cm³/mol. The van der Waals surface area contributed by atoms with E-state index < -0.39 is 0 Å². The van der Waals surface area contributed by atoms with Crippen LogP contribution in [0, 0.1) is 5.92 Å². The maximum absolute atomic E-state index is 12.3. The molecule has 1 saturated heterocycles. The zero-order chi connectivity index (χ0) is 24.0. The number of hydrogen-bond donors (Lipinski definition) is 0. The van der Waals surface area contributed by atoms with Crippen molar-refractivity contribution in [1.29, 1.82) is 0 Å². The maximum atomic E-state index is 12.3. The first kappa shape index (κ1) is 26.3. The lowest BCUT2D eigenvalue weighted by Crippen LogP contribution is -2.06. The van der Waals surface area contributed by atoms with Crippen molar-refractivity contribution >= 4 is 5.97 Å². The van der Waals surface area contributed by atoms with Crippen molar-refractivity contribution in [1.82, 2.24) is 0 Å². The van der Waals surface area contributed by atoms with Gasteiger partial charge in [0.15, 0.2) is 0 Å². The highest BCUT2D eigenvalue weighted by atomic mass is 16.6. The molecule has 2 atom stereocenters. The summed E-state index contributed by atoms with van der Waals surface area (Å²) in [5, 5.41) is 0. The van der Waals surface area contributed by atoms with Gasteiger partial charge in [-0.15, -0.1) is 0 Å². The minimum atomic E-state index is -0.0973. The van der Waals surface area contributed by atoms with Crippen molar-refractivity contribution in [3.05, 3.63) is 54.1 Å². The average Bonchev–Trinajstić information content (AvgIpc) is 3.24. The minimum absolute atomic E-state index is 0.0129. The van der Waals surface area contributed by atoms with Gasteiger partial charge in [-0.05, 0) is 41.7 Å². The first-order valence-electron chi connectivity index (χ1n) is 13.7. The molecule has 0 bridgehead atoms. The summed E-state index contributed by atoms with van der Waals surface area (Å²) in [6.45, 7) is 5.27. The molecule has 2 unspecified atom stereocenters. The molecule has 0 aromatic heterocycles. The molecule has 186 valence electrons. The molecule has 2 aromatic carbocycles. The SMILES string of the molecule is CCCCCCCCOc1ccc(-c2ccc(C3CC(CCCCCCC)C(=O)O3)cc2)cc1. The smallest absolute Gasteiger partial charge is 0.309 e. The Kier molecular flexibility index (Phi) is 11.5. The monoisotopic (exact) mass is 464 g/mol. The zero-order valence-corrected chi connectivity index (χ0v) is 21.4. The third kappa shape index (κ3) is 8.49. The second-order valence-corrected chi connectivity index (χ2v) is 9.82. The molecule has 0 saturated carbocycles. The lowest BCUT2D eigenvalue weighted by atomic mass is 9.94. The van der Waals surface area contributed by atoms with E-state index in [9.17, 15) is 4.79 Å². The van der Waals surface area contributed by atoms with Gasteiger partial charge < -0.3 is 9.47 Å². The second kappa shape index (κ2) is 14.9. The van der Waals surface area contributed by atoms with Crippen LogP contribution in [0.3, 0.4) is 0 Å². The Labute approximate surface area is 207 Å². The summed E-state index contributed by atoms with van der Waals surface area (Å²) >= 11 is 0. The summed E-state index contributed by atoms with van der Waals surface area (Å²) in [7, 11) is 0. The number of benzene rings is 2. The Morgan fingerprint density at radius 3 is 1.94 bits per heavy atom. The first-order valence-corrected chi connectivity index (χ1v) is 13.7. The fourth-order valence-electron chi connectivity index (χ4n) is 4.78. The second-order valence-electron chi connectivity index (χ2n) is 9.82. The summed E-state index contributed by atoms with van der Waals surface area (Å²) in [6.07, 6.45) is 15.5. The van der Waals surface area contributed by atoms with Crippen LogP contribution >= 0.6 is 0 Å².